The summed E-state index contributed by atoms with van der Waals surface area (Å²) in [4.78, 5) is 17.2. The van der Waals surface area contributed by atoms with Crippen molar-refractivity contribution in [1.29, 1.82) is 0 Å². The number of nitrogen functional groups attached to an aromatic ring is 1. The molecule has 0 bridgehead atoms. The molecular formula is C27H29ClN4O. The molecule has 3 N–H and O–H groups in total. The molecular weight excluding hydrogens is 432 g/mol. The minimum atomic E-state index is -0.132. The third-order valence-electron chi connectivity index (χ3n) is 5.34. The van der Waals surface area contributed by atoms with E-state index >= 15 is 0 Å². The summed E-state index contributed by atoms with van der Waals surface area (Å²) < 4.78 is 1.50. The van der Waals surface area contributed by atoms with Crippen molar-refractivity contribution in [1.82, 2.24) is 9.78 Å². The van der Waals surface area contributed by atoms with E-state index in [-0.39, 0.29) is 5.56 Å². The lowest BCUT2D eigenvalue weighted by Crippen LogP contribution is -2.17. The highest BCUT2D eigenvalue weighted by Gasteiger charge is 2.11. The van der Waals surface area contributed by atoms with E-state index in [1.165, 1.54) is 10.2 Å². The summed E-state index contributed by atoms with van der Waals surface area (Å²) in [6.45, 7) is 6.05. The molecule has 0 atom stereocenters. The Labute approximate surface area is 199 Å². The largest absolute Gasteiger partial charge is 0.399 e. The topological polar surface area (TPSA) is 76.2 Å². The predicted octanol–water partition coefficient (Wildman–Crippen LogP) is 6.27. The van der Waals surface area contributed by atoms with Crippen molar-refractivity contribution in [3.8, 4) is 5.69 Å². The number of nitrogens with zero attached hydrogens (tertiary/aromatic N) is 2. The van der Waals surface area contributed by atoms with E-state index in [9.17, 15) is 4.79 Å². The van der Waals surface area contributed by atoms with E-state index in [0.29, 0.717) is 10.6 Å². The molecule has 0 unspecified atom stereocenters. The Balaban J connectivity index is 0.000000286. The van der Waals surface area contributed by atoms with Gasteiger partial charge in [0, 0.05) is 22.6 Å². The number of anilines is 1. The molecule has 0 amide bonds. The lowest BCUT2D eigenvalue weighted by molar-refractivity contribution is 0.835. The van der Waals surface area contributed by atoms with E-state index in [1.54, 1.807) is 30.5 Å². The van der Waals surface area contributed by atoms with Gasteiger partial charge in [-0.05, 0) is 67.3 Å². The number of aromatic amines is 1. The summed E-state index contributed by atoms with van der Waals surface area (Å²) in [6.07, 6.45) is 3.55. The molecule has 0 spiro atoms. The molecule has 1 heterocycles. The Morgan fingerprint density at radius 1 is 0.939 bits per heavy atom. The van der Waals surface area contributed by atoms with Crippen LogP contribution in [0, 0.1) is 6.92 Å². The second-order valence-electron chi connectivity index (χ2n) is 7.56. The van der Waals surface area contributed by atoms with Crippen molar-refractivity contribution in [2.45, 2.75) is 33.6 Å². The van der Waals surface area contributed by atoms with Crippen LogP contribution in [0.4, 0.5) is 11.4 Å². The van der Waals surface area contributed by atoms with Crippen LogP contribution in [-0.4, -0.2) is 16.0 Å². The molecule has 0 saturated heterocycles. The summed E-state index contributed by atoms with van der Waals surface area (Å²) in [6, 6.07) is 23.0. The summed E-state index contributed by atoms with van der Waals surface area (Å²) in [7, 11) is 0. The van der Waals surface area contributed by atoms with Crippen molar-refractivity contribution in [3.63, 3.8) is 0 Å². The van der Waals surface area contributed by atoms with Gasteiger partial charge in [0.15, 0.2) is 0 Å². The monoisotopic (exact) mass is 460 g/mol. The summed E-state index contributed by atoms with van der Waals surface area (Å²) in [5.74, 6) is 0. The SMILES string of the molecule is CCc1ccccc1N.CCc1ccccc1N=Cc1c(C)[nH]n(-c2ccc(Cl)cc2)c1=O. The van der Waals surface area contributed by atoms with E-state index in [0.717, 1.165) is 41.2 Å². The van der Waals surface area contributed by atoms with Gasteiger partial charge in [-0.15, -0.1) is 0 Å². The standard InChI is InChI=1S/C19H18ClN3O.C8H11N/c1-3-14-6-4-5-7-18(14)21-12-17-13(2)22-23(19(17)24)16-10-8-15(20)9-11-16;1-2-7-5-3-4-6-8(7)9/h4-12,22H,3H2,1-2H3;3-6H,2,9H2,1H3. The number of hydrogen-bond acceptors (Lipinski definition) is 3. The second-order valence-corrected chi connectivity index (χ2v) is 8.00. The number of aromatic nitrogens is 2. The van der Waals surface area contributed by atoms with Gasteiger partial charge in [0.1, 0.15) is 0 Å². The van der Waals surface area contributed by atoms with Crippen molar-refractivity contribution in [2.75, 3.05) is 5.73 Å². The fourth-order valence-electron chi connectivity index (χ4n) is 3.41. The summed E-state index contributed by atoms with van der Waals surface area (Å²) in [5.41, 5.74) is 11.7. The van der Waals surface area contributed by atoms with Crippen LogP contribution >= 0.6 is 11.6 Å². The molecule has 0 radical (unpaired) electrons. The number of halogens is 1. The van der Waals surface area contributed by atoms with Gasteiger partial charge in [0.05, 0.1) is 16.9 Å². The van der Waals surface area contributed by atoms with Crippen LogP contribution in [0.15, 0.2) is 82.6 Å². The zero-order valence-electron chi connectivity index (χ0n) is 19.2. The smallest absolute Gasteiger partial charge is 0.280 e. The van der Waals surface area contributed by atoms with Gasteiger partial charge in [-0.2, -0.15) is 0 Å². The number of aryl methyl sites for hydroxylation is 3. The van der Waals surface area contributed by atoms with Crippen LogP contribution in [0.1, 0.15) is 36.2 Å². The molecule has 33 heavy (non-hydrogen) atoms. The van der Waals surface area contributed by atoms with Crippen LogP contribution < -0.4 is 11.3 Å². The number of H-pyrrole nitrogens is 1. The third-order valence-corrected chi connectivity index (χ3v) is 5.60. The van der Waals surface area contributed by atoms with Gasteiger partial charge >= 0.3 is 0 Å². The highest BCUT2D eigenvalue weighted by molar-refractivity contribution is 6.30. The summed E-state index contributed by atoms with van der Waals surface area (Å²) >= 11 is 5.90. The van der Waals surface area contributed by atoms with Crippen molar-refractivity contribution >= 4 is 29.2 Å². The first-order chi connectivity index (χ1) is 15.9. The molecule has 170 valence electrons. The van der Waals surface area contributed by atoms with E-state index in [2.05, 4.69) is 30.0 Å². The van der Waals surface area contributed by atoms with Crippen molar-refractivity contribution in [2.24, 2.45) is 4.99 Å². The van der Waals surface area contributed by atoms with E-state index in [4.69, 9.17) is 17.3 Å². The number of hydrogen-bond donors (Lipinski definition) is 2. The molecule has 1 aromatic heterocycles. The molecule has 0 saturated carbocycles. The van der Waals surface area contributed by atoms with Crippen molar-refractivity contribution in [3.05, 3.63) is 111 Å². The fraction of sp³-hybridized carbons (Fsp3) is 0.185. The molecule has 6 heteroatoms. The Morgan fingerprint density at radius 2 is 1.55 bits per heavy atom. The number of aliphatic imine (C=N–C) groups is 1. The minimum Gasteiger partial charge on any atom is -0.399 e. The molecule has 5 nitrogen and oxygen atoms in total. The molecule has 0 aliphatic carbocycles. The summed E-state index contributed by atoms with van der Waals surface area (Å²) in [5, 5.41) is 3.72. The second kappa shape index (κ2) is 11.3. The quantitative estimate of drug-likeness (QED) is 0.272. The average molecular weight is 461 g/mol. The Kier molecular flexibility index (Phi) is 8.28. The molecule has 3 aromatic carbocycles. The maximum Gasteiger partial charge on any atom is 0.280 e. The fourth-order valence-corrected chi connectivity index (χ4v) is 3.54. The van der Waals surface area contributed by atoms with E-state index in [1.807, 2.05) is 49.4 Å². The number of nitrogens with one attached hydrogen (secondary N) is 1. The molecule has 0 aliphatic heterocycles. The van der Waals surface area contributed by atoms with Crippen LogP contribution in [0.5, 0.6) is 0 Å². The molecule has 4 rings (SSSR count). The van der Waals surface area contributed by atoms with Gasteiger partial charge in [0.25, 0.3) is 5.56 Å². The lowest BCUT2D eigenvalue weighted by Gasteiger charge is -2.01. The highest BCUT2D eigenvalue weighted by atomic mass is 35.5. The highest BCUT2D eigenvalue weighted by Crippen LogP contribution is 2.19. The minimum absolute atomic E-state index is 0.132. The first-order valence-corrected chi connectivity index (χ1v) is 11.3. The average Bonchev–Trinajstić information content (AvgIpc) is 3.12. The Bertz CT molecular complexity index is 1290. The maximum absolute atomic E-state index is 12.7. The number of nitrogens with two attached hydrogens (primary N) is 1. The molecule has 0 aliphatic rings. The van der Waals surface area contributed by atoms with Crippen LogP contribution in [0.2, 0.25) is 5.02 Å². The van der Waals surface area contributed by atoms with E-state index < -0.39 is 0 Å². The molecule has 4 aromatic rings. The van der Waals surface area contributed by atoms with Crippen molar-refractivity contribution < 1.29 is 0 Å². The normalized spacial score (nSPS) is 10.8. The maximum atomic E-state index is 12.7. The third kappa shape index (κ3) is 6.02. The molecule has 0 fully saturated rings. The zero-order chi connectivity index (χ0) is 23.8. The number of rotatable bonds is 5. The number of benzene rings is 3. The van der Waals surface area contributed by atoms with Gasteiger partial charge < -0.3 is 5.73 Å². The van der Waals surface area contributed by atoms with Gasteiger partial charge in [-0.1, -0.05) is 61.8 Å². The van der Waals surface area contributed by atoms with Gasteiger partial charge in [-0.25, -0.2) is 4.68 Å². The van der Waals surface area contributed by atoms with Crippen LogP contribution in [0.3, 0.4) is 0 Å². The van der Waals surface area contributed by atoms with Crippen LogP contribution in [-0.2, 0) is 12.8 Å². The zero-order valence-corrected chi connectivity index (χ0v) is 19.9. The van der Waals surface area contributed by atoms with Gasteiger partial charge in [-0.3, -0.25) is 14.9 Å². The van der Waals surface area contributed by atoms with Gasteiger partial charge in [0.2, 0.25) is 0 Å². The first-order valence-electron chi connectivity index (χ1n) is 11.0. The van der Waals surface area contributed by atoms with Crippen LogP contribution in [0.25, 0.3) is 5.69 Å². The predicted molar refractivity (Wildman–Crippen MR) is 139 cm³/mol. The lowest BCUT2D eigenvalue weighted by atomic mass is 10.1. The first kappa shape index (κ1) is 24.1. The Hall–Kier alpha value is -3.57. The Morgan fingerprint density at radius 3 is 2.15 bits per heavy atom. The number of para-hydroxylation sites is 2.